The second-order valence-electron chi connectivity index (χ2n) is 5.66. The SMILES string of the molecule is OCCN1CCN(c2ccc3c(n2)[nH]c2ccncc23)CC1. The van der Waals surface area contributed by atoms with E-state index in [4.69, 9.17) is 10.1 Å². The molecule has 0 aromatic carbocycles. The summed E-state index contributed by atoms with van der Waals surface area (Å²) in [5.41, 5.74) is 1.99. The molecule has 1 aliphatic heterocycles. The Labute approximate surface area is 128 Å². The van der Waals surface area contributed by atoms with Crippen molar-refractivity contribution in [2.24, 2.45) is 0 Å². The first kappa shape index (κ1) is 13.5. The van der Waals surface area contributed by atoms with Crippen molar-refractivity contribution in [2.75, 3.05) is 44.2 Å². The third-order valence-electron chi connectivity index (χ3n) is 4.36. The van der Waals surface area contributed by atoms with Gasteiger partial charge in [0.2, 0.25) is 0 Å². The van der Waals surface area contributed by atoms with Crippen LogP contribution in [0.3, 0.4) is 0 Å². The molecule has 114 valence electrons. The number of aromatic nitrogens is 3. The minimum Gasteiger partial charge on any atom is -0.395 e. The number of hydrogen-bond acceptors (Lipinski definition) is 5. The summed E-state index contributed by atoms with van der Waals surface area (Å²) in [5.74, 6) is 1.01. The number of β-amino-alcohol motifs (C(OH)–C–C–N with tert-alkyl or cyclic N) is 1. The number of fused-ring (bicyclic) bond motifs is 3. The molecule has 1 saturated heterocycles. The minimum atomic E-state index is 0.229. The van der Waals surface area contributed by atoms with Gasteiger partial charge in [-0.15, -0.1) is 0 Å². The van der Waals surface area contributed by atoms with Gasteiger partial charge < -0.3 is 15.0 Å². The Morgan fingerprint density at radius 3 is 2.77 bits per heavy atom. The van der Waals surface area contributed by atoms with Crippen molar-refractivity contribution < 1.29 is 5.11 Å². The lowest BCUT2D eigenvalue weighted by atomic mass is 10.2. The molecule has 3 aromatic rings. The van der Waals surface area contributed by atoms with Crippen LogP contribution < -0.4 is 4.90 Å². The fourth-order valence-corrected chi connectivity index (χ4v) is 3.13. The van der Waals surface area contributed by atoms with Gasteiger partial charge >= 0.3 is 0 Å². The van der Waals surface area contributed by atoms with E-state index in [2.05, 4.69) is 31.9 Å². The number of nitrogens with one attached hydrogen (secondary N) is 1. The number of aliphatic hydroxyl groups is 1. The first-order chi connectivity index (χ1) is 10.8. The number of aliphatic hydroxyl groups excluding tert-OH is 1. The van der Waals surface area contributed by atoms with Crippen LogP contribution in [-0.2, 0) is 0 Å². The standard InChI is InChI=1S/C16H19N5O/c22-10-9-20-5-7-21(8-6-20)15-2-1-12-13-11-17-4-3-14(13)18-16(12)19-15/h1-4,11,22H,5-10H2,(H,18,19). The second kappa shape index (κ2) is 5.55. The highest BCUT2D eigenvalue weighted by Gasteiger charge is 2.18. The molecule has 22 heavy (non-hydrogen) atoms. The van der Waals surface area contributed by atoms with Crippen molar-refractivity contribution in [2.45, 2.75) is 0 Å². The Bertz CT molecular complexity index is 791. The number of H-pyrrole nitrogens is 1. The molecule has 6 heteroatoms. The van der Waals surface area contributed by atoms with Gasteiger partial charge in [-0.3, -0.25) is 9.88 Å². The number of anilines is 1. The Kier molecular flexibility index (Phi) is 3.40. The Morgan fingerprint density at radius 1 is 1.09 bits per heavy atom. The van der Waals surface area contributed by atoms with Gasteiger partial charge in [-0.1, -0.05) is 0 Å². The van der Waals surface area contributed by atoms with Gasteiger partial charge in [-0.2, -0.15) is 0 Å². The predicted molar refractivity (Wildman–Crippen MR) is 87.1 cm³/mol. The Hall–Kier alpha value is -2.18. The van der Waals surface area contributed by atoms with Crippen molar-refractivity contribution in [3.63, 3.8) is 0 Å². The molecule has 4 rings (SSSR count). The molecule has 0 atom stereocenters. The van der Waals surface area contributed by atoms with Crippen LogP contribution in [0.4, 0.5) is 5.82 Å². The summed E-state index contributed by atoms with van der Waals surface area (Å²) >= 11 is 0. The topological polar surface area (TPSA) is 68.3 Å². The van der Waals surface area contributed by atoms with Crippen LogP contribution in [0.2, 0.25) is 0 Å². The average molecular weight is 297 g/mol. The van der Waals surface area contributed by atoms with Gasteiger partial charge in [0.05, 0.1) is 12.1 Å². The fourth-order valence-electron chi connectivity index (χ4n) is 3.13. The molecule has 0 spiro atoms. The minimum absolute atomic E-state index is 0.229. The normalized spacial score (nSPS) is 16.7. The Balaban J connectivity index is 1.62. The van der Waals surface area contributed by atoms with Gasteiger partial charge in [0, 0.05) is 55.9 Å². The summed E-state index contributed by atoms with van der Waals surface area (Å²) in [6.45, 7) is 4.82. The van der Waals surface area contributed by atoms with Crippen molar-refractivity contribution in [3.05, 3.63) is 30.6 Å². The fraction of sp³-hybridized carbons (Fsp3) is 0.375. The van der Waals surface area contributed by atoms with E-state index in [1.807, 2.05) is 12.3 Å². The van der Waals surface area contributed by atoms with E-state index in [9.17, 15) is 0 Å². The second-order valence-corrected chi connectivity index (χ2v) is 5.66. The lowest BCUT2D eigenvalue weighted by Gasteiger charge is -2.35. The van der Waals surface area contributed by atoms with Gasteiger partial charge in [0.15, 0.2) is 0 Å². The molecule has 6 nitrogen and oxygen atoms in total. The zero-order valence-corrected chi connectivity index (χ0v) is 12.4. The molecule has 2 N–H and O–H groups in total. The third kappa shape index (κ3) is 2.30. The van der Waals surface area contributed by atoms with E-state index in [0.29, 0.717) is 0 Å². The molecular formula is C16H19N5O. The molecule has 0 amide bonds. The molecule has 0 saturated carbocycles. The molecule has 0 unspecified atom stereocenters. The summed E-state index contributed by atoms with van der Waals surface area (Å²) in [7, 11) is 0. The van der Waals surface area contributed by atoms with Crippen LogP contribution in [0.15, 0.2) is 30.6 Å². The maximum Gasteiger partial charge on any atom is 0.140 e. The molecule has 0 aliphatic carbocycles. The van der Waals surface area contributed by atoms with Crippen LogP contribution in [0.5, 0.6) is 0 Å². The third-order valence-corrected chi connectivity index (χ3v) is 4.36. The number of hydrogen-bond donors (Lipinski definition) is 2. The van der Waals surface area contributed by atoms with E-state index >= 15 is 0 Å². The number of rotatable bonds is 3. The highest BCUT2D eigenvalue weighted by molar-refractivity contribution is 6.05. The van der Waals surface area contributed by atoms with Crippen molar-refractivity contribution in [1.82, 2.24) is 19.9 Å². The zero-order chi connectivity index (χ0) is 14.9. The highest BCUT2D eigenvalue weighted by atomic mass is 16.3. The maximum absolute atomic E-state index is 9.01. The summed E-state index contributed by atoms with van der Waals surface area (Å²) in [4.78, 5) is 16.9. The lowest BCUT2D eigenvalue weighted by Crippen LogP contribution is -2.47. The number of pyridine rings is 2. The van der Waals surface area contributed by atoms with E-state index in [1.54, 1.807) is 6.20 Å². The summed E-state index contributed by atoms with van der Waals surface area (Å²) < 4.78 is 0. The average Bonchev–Trinajstić information content (AvgIpc) is 2.93. The van der Waals surface area contributed by atoms with Crippen LogP contribution in [0.25, 0.3) is 21.9 Å². The van der Waals surface area contributed by atoms with Crippen molar-refractivity contribution in [3.8, 4) is 0 Å². The summed E-state index contributed by atoms with van der Waals surface area (Å²) in [6, 6.07) is 6.19. The first-order valence-electron chi connectivity index (χ1n) is 7.66. The van der Waals surface area contributed by atoms with E-state index in [-0.39, 0.29) is 6.61 Å². The monoisotopic (exact) mass is 297 g/mol. The zero-order valence-electron chi connectivity index (χ0n) is 12.4. The lowest BCUT2D eigenvalue weighted by molar-refractivity contribution is 0.188. The van der Waals surface area contributed by atoms with Crippen LogP contribution >= 0.6 is 0 Å². The molecule has 0 bridgehead atoms. The van der Waals surface area contributed by atoms with E-state index < -0.39 is 0 Å². The molecule has 3 aromatic heterocycles. The largest absolute Gasteiger partial charge is 0.395 e. The van der Waals surface area contributed by atoms with Gasteiger partial charge in [-0.25, -0.2) is 4.98 Å². The predicted octanol–water partition coefficient (Wildman–Crippen LogP) is 1.23. The van der Waals surface area contributed by atoms with Crippen LogP contribution in [0.1, 0.15) is 0 Å². The molecular weight excluding hydrogens is 278 g/mol. The van der Waals surface area contributed by atoms with E-state index in [0.717, 1.165) is 60.5 Å². The smallest absolute Gasteiger partial charge is 0.140 e. The number of piperazine rings is 1. The summed E-state index contributed by atoms with van der Waals surface area (Å²) in [6.07, 6.45) is 3.67. The molecule has 1 fully saturated rings. The van der Waals surface area contributed by atoms with E-state index in [1.165, 1.54) is 0 Å². The van der Waals surface area contributed by atoms with Crippen molar-refractivity contribution in [1.29, 1.82) is 0 Å². The van der Waals surface area contributed by atoms with Gasteiger partial charge in [-0.05, 0) is 18.2 Å². The number of aromatic amines is 1. The highest BCUT2D eigenvalue weighted by Crippen LogP contribution is 2.25. The van der Waals surface area contributed by atoms with Gasteiger partial charge in [0.25, 0.3) is 0 Å². The van der Waals surface area contributed by atoms with Crippen LogP contribution in [-0.4, -0.2) is 64.3 Å². The van der Waals surface area contributed by atoms with Crippen LogP contribution in [0, 0.1) is 0 Å². The molecule has 0 radical (unpaired) electrons. The van der Waals surface area contributed by atoms with Gasteiger partial charge in [0.1, 0.15) is 11.5 Å². The molecule has 4 heterocycles. The quantitative estimate of drug-likeness (QED) is 0.761. The van der Waals surface area contributed by atoms with Crippen molar-refractivity contribution >= 4 is 27.8 Å². The summed E-state index contributed by atoms with van der Waals surface area (Å²) in [5, 5.41) is 11.2. The Morgan fingerprint density at radius 2 is 1.95 bits per heavy atom. The first-order valence-corrected chi connectivity index (χ1v) is 7.66. The number of nitrogens with zero attached hydrogens (tertiary/aromatic N) is 4. The molecule has 1 aliphatic rings. The maximum atomic E-state index is 9.01.